The van der Waals surface area contributed by atoms with Crippen molar-refractivity contribution in [3.63, 3.8) is 0 Å². The Kier molecular flexibility index (Phi) is 5.15. The van der Waals surface area contributed by atoms with Gasteiger partial charge in [0.2, 0.25) is 0 Å². The molecule has 3 N–H and O–H groups in total. The third-order valence-corrected chi connectivity index (χ3v) is 3.78. The average Bonchev–Trinajstić information content (AvgIpc) is 2.32. The molecule has 0 aliphatic rings. The van der Waals surface area contributed by atoms with Gasteiger partial charge in [-0.3, -0.25) is 9.00 Å². The van der Waals surface area contributed by atoms with Crippen molar-refractivity contribution in [3.8, 4) is 0 Å². The summed E-state index contributed by atoms with van der Waals surface area (Å²) in [4.78, 5) is 11.7. The monoisotopic (exact) mass is 254 g/mol. The fourth-order valence-electron chi connectivity index (χ4n) is 1.31. The van der Waals surface area contributed by atoms with Crippen LogP contribution < -0.4 is 11.1 Å². The Morgan fingerprint density at radius 2 is 2.18 bits per heavy atom. The molecule has 5 heteroatoms. The van der Waals surface area contributed by atoms with Gasteiger partial charge in [0.05, 0.1) is 0 Å². The second-order valence-electron chi connectivity index (χ2n) is 3.76. The van der Waals surface area contributed by atoms with Gasteiger partial charge in [-0.15, -0.1) is 0 Å². The number of aryl methyl sites for hydroxylation is 1. The van der Waals surface area contributed by atoms with Crippen molar-refractivity contribution in [1.82, 2.24) is 5.32 Å². The van der Waals surface area contributed by atoms with E-state index >= 15 is 0 Å². The van der Waals surface area contributed by atoms with Crippen LogP contribution in [0.25, 0.3) is 0 Å². The van der Waals surface area contributed by atoms with E-state index in [1.54, 1.807) is 12.1 Å². The number of nitrogens with one attached hydrogen (secondary N) is 1. The zero-order chi connectivity index (χ0) is 12.8. The van der Waals surface area contributed by atoms with Crippen LogP contribution in [0.15, 0.2) is 18.2 Å². The van der Waals surface area contributed by atoms with Gasteiger partial charge in [-0.25, -0.2) is 0 Å². The van der Waals surface area contributed by atoms with Crippen molar-refractivity contribution < 1.29 is 9.00 Å². The number of nitrogens with two attached hydrogens (primary N) is 1. The zero-order valence-corrected chi connectivity index (χ0v) is 11.0. The van der Waals surface area contributed by atoms with Crippen molar-refractivity contribution in [2.75, 3.05) is 23.8 Å². The minimum atomic E-state index is -0.847. The first-order valence-corrected chi connectivity index (χ1v) is 7.02. The van der Waals surface area contributed by atoms with Crippen LogP contribution in [0.4, 0.5) is 5.69 Å². The number of carbonyl (C=O) groups excluding carboxylic acids is 1. The Morgan fingerprint density at radius 1 is 1.47 bits per heavy atom. The quantitative estimate of drug-likeness (QED) is 0.772. The molecule has 17 heavy (non-hydrogen) atoms. The second-order valence-corrected chi connectivity index (χ2v) is 5.63. The van der Waals surface area contributed by atoms with E-state index in [1.807, 2.05) is 19.9 Å². The summed E-state index contributed by atoms with van der Waals surface area (Å²) in [5.74, 6) is 0.932. The van der Waals surface area contributed by atoms with Crippen molar-refractivity contribution in [2.45, 2.75) is 13.8 Å². The number of rotatable bonds is 5. The number of nitrogen functional groups attached to an aromatic ring is 1. The molecule has 0 aliphatic carbocycles. The number of hydrogen-bond donors (Lipinski definition) is 2. The van der Waals surface area contributed by atoms with Crippen LogP contribution in [-0.4, -0.2) is 28.2 Å². The van der Waals surface area contributed by atoms with Gasteiger partial charge >= 0.3 is 0 Å². The van der Waals surface area contributed by atoms with E-state index < -0.39 is 10.8 Å². The molecular weight excluding hydrogens is 236 g/mol. The Bertz CT molecular complexity index is 433. The molecule has 1 amide bonds. The standard InChI is InChI=1S/C12H18N2O2S/c1-3-17(16)7-6-14-12(15)10-5-4-9(2)11(13)8-10/h4-5,8H,3,6-7,13H2,1-2H3,(H,14,15). The Balaban J connectivity index is 2.52. The van der Waals surface area contributed by atoms with Crippen LogP contribution in [0.5, 0.6) is 0 Å². The molecule has 4 nitrogen and oxygen atoms in total. The molecule has 0 saturated carbocycles. The van der Waals surface area contributed by atoms with E-state index in [4.69, 9.17) is 5.73 Å². The predicted octanol–water partition coefficient (Wildman–Crippen LogP) is 1.08. The van der Waals surface area contributed by atoms with Gasteiger partial charge in [-0.05, 0) is 24.6 Å². The normalized spacial score (nSPS) is 12.1. The number of anilines is 1. The molecular formula is C12H18N2O2S. The van der Waals surface area contributed by atoms with Gasteiger partial charge in [-0.1, -0.05) is 13.0 Å². The topological polar surface area (TPSA) is 72.2 Å². The predicted molar refractivity (Wildman–Crippen MR) is 71.5 cm³/mol. The first-order valence-electron chi connectivity index (χ1n) is 5.54. The summed E-state index contributed by atoms with van der Waals surface area (Å²) in [5.41, 5.74) is 7.82. The van der Waals surface area contributed by atoms with Crippen LogP contribution >= 0.6 is 0 Å². The summed E-state index contributed by atoms with van der Waals surface area (Å²) in [6, 6.07) is 5.20. The molecule has 0 bridgehead atoms. The Labute approximate surface area is 104 Å². The third kappa shape index (κ3) is 4.19. The lowest BCUT2D eigenvalue weighted by Gasteiger charge is -2.06. The highest BCUT2D eigenvalue weighted by Gasteiger charge is 2.06. The molecule has 1 rings (SSSR count). The summed E-state index contributed by atoms with van der Waals surface area (Å²) in [6.07, 6.45) is 0. The molecule has 0 saturated heterocycles. The summed E-state index contributed by atoms with van der Waals surface area (Å²) >= 11 is 0. The molecule has 0 heterocycles. The van der Waals surface area contributed by atoms with E-state index in [2.05, 4.69) is 5.32 Å². The molecule has 0 radical (unpaired) electrons. The summed E-state index contributed by atoms with van der Waals surface area (Å²) < 4.78 is 11.2. The summed E-state index contributed by atoms with van der Waals surface area (Å²) in [5, 5.41) is 2.72. The minimum absolute atomic E-state index is 0.176. The van der Waals surface area contributed by atoms with Crippen molar-refractivity contribution in [2.24, 2.45) is 0 Å². The van der Waals surface area contributed by atoms with Gasteiger partial charge in [0.15, 0.2) is 0 Å². The van der Waals surface area contributed by atoms with E-state index in [0.717, 1.165) is 5.56 Å². The number of amides is 1. The van der Waals surface area contributed by atoms with Gasteiger partial charge < -0.3 is 11.1 Å². The fraction of sp³-hybridized carbons (Fsp3) is 0.417. The van der Waals surface area contributed by atoms with Crippen LogP contribution in [0, 0.1) is 6.92 Å². The molecule has 1 aromatic carbocycles. The first kappa shape index (κ1) is 13.7. The van der Waals surface area contributed by atoms with Crippen LogP contribution in [0.1, 0.15) is 22.8 Å². The molecule has 0 aliphatic heterocycles. The SMILES string of the molecule is CCS(=O)CCNC(=O)c1ccc(C)c(N)c1. The lowest BCUT2D eigenvalue weighted by molar-refractivity contribution is 0.0956. The van der Waals surface area contributed by atoms with Gasteiger partial charge in [0, 0.05) is 40.1 Å². The lowest BCUT2D eigenvalue weighted by atomic mass is 10.1. The summed E-state index contributed by atoms with van der Waals surface area (Å²) in [6.45, 7) is 4.17. The van der Waals surface area contributed by atoms with E-state index in [1.165, 1.54) is 0 Å². The third-order valence-electron chi connectivity index (χ3n) is 2.48. The zero-order valence-electron chi connectivity index (χ0n) is 10.2. The van der Waals surface area contributed by atoms with Crippen LogP contribution in [-0.2, 0) is 10.8 Å². The average molecular weight is 254 g/mol. The van der Waals surface area contributed by atoms with Crippen LogP contribution in [0.3, 0.4) is 0 Å². The molecule has 0 fully saturated rings. The Morgan fingerprint density at radius 3 is 2.76 bits per heavy atom. The van der Waals surface area contributed by atoms with E-state index in [9.17, 15) is 9.00 Å². The largest absolute Gasteiger partial charge is 0.398 e. The molecule has 1 aromatic rings. The highest BCUT2D eigenvalue weighted by Crippen LogP contribution is 2.12. The van der Waals surface area contributed by atoms with Crippen molar-refractivity contribution in [1.29, 1.82) is 0 Å². The van der Waals surface area contributed by atoms with Crippen molar-refractivity contribution >= 4 is 22.4 Å². The number of carbonyl (C=O) groups is 1. The molecule has 94 valence electrons. The molecule has 0 aromatic heterocycles. The van der Waals surface area contributed by atoms with Gasteiger partial charge in [-0.2, -0.15) is 0 Å². The van der Waals surface area contributed by atoms with E-state index in [0.29, 0.717) is 29.3 Å². The van der Waals surface area contributed by atoms with Crippen molar-refractivity contribution in [3.05, 3.63) is 29.3 Å². The maximum Gasteiger partial charge on any atom is 0.251 e. The molecule has 1 atom stereocenters. The molecule has 1 unspecified atom stereocenters. The number of hydrogen-bond acceptors (Lipinski definition) is 3. The minimum Gasteiger partial charge on any atom is -0.398 e. The lowest BCUT2D eigenvalue weighted by Crippen LogP contribution is -2.28. The maximum atomic E-state index is 11.7. The highest BCUT2D eigenvalue weighted by molar-refractivity contribution is 7.84. The fourth-order valence-corrected chi connectivity index (χ4v) is 1.92. The molecule has 0 spiro atoms. The second kappa shape index (κ2) is 6.39. The van der Waals surface area contributed by atoms with Crippen LogP contribution in [0.2, 0.25) is 0 Å². The highest BCUT2D eigenvalue weighted by atomic mass is 32.2. The first-order chi connectivity index (χ1) is 8.04. The van der Waals surface area contributed by atoms with Gasteiger partial charge in [0.1, 0.15) is 0 Å². The smallest absolute Gasteiger partial charge is 0.251 e. The summed E-state index contributed by atoms with van der Waals surface area (Å²) in [7, 11) is -0.847. The Hall–Kier alpha value is -1.36. The maximum absolute atomic E-state index is 11.7. The van der Waals surface area contributed by atoms with Gasteiger partial charge in [0.25, 0.3) is 5.91 Å². The number of benzene rings is 1. The van der Waals surface area contributed by atoms with E-state index in [-0.39, 0.29) is 5.91 Å².